The number of benzene rings is 1. The van der Waals surface area contributed by atoms with Crippen molar-refractivity contribution in [3.8, 4) is 11.5 Å². The Balaban J connectivity index is 1.78. The molecule has 7 heteroatoms. The van der Waals surface area contributed by atoms with Gasteiger partial charge in [-0.25, -0.2) is 4.99 Å². The second kappa shape index (κ2) is 7.46. The first-order chi connectivity index (χ1) is 13.1. The second-order valence-corrected chi connectivity index (χ2v) is 8.55. The molecule has 2 heterocycles. The van der Waals surface area contributed by atoms with Crippen LogP contribution < -0.4 is 10.3 Å². The summed E-state index contributed by atoms with van der Waals surface area (Å²) in [6.45, 7) is 1.97. The lowest BCUT2D eigenvalue weighted by molar-refractivity contribution is 0.373. The van der Waals surface area contributed by atoms with Gasteiger partial charge in [-0.2, -0.15) is 0 Å². The van der Waals surface area contributed by atoms with Crippen LogP contribution in [-0.4, -0.2) is 27.0 Å². The molecular weight excluding hydrogens is 362 g/mol. The molecule has 2 aromatic rings. The third-order valence-electron chi connectivity index (χ3n) is 5.45. The molecule has 0 spiro atoms. The fourth-order valence-electron chi connectivity index (χ4n) is 4.09. The highest BCUT2D eigenvalue weighted by Crippen LogP contribution is 2.46. The summed E-state index contributed by atoms with van der Waals surface area (Å²) < 4.78 is 7.15. The van der Waals surface area contributed by atoms with Crippen LogP contribution in [-0.2, 0) is 0 Å². The minimum atomic E-state index is -0.190. The first-order valence-corrected chi connectivity index (χ1v) is 10.4. The van der Waals surface area contributed by atoms with Crippen molar-refractivity contribution >= 4 is 22.6 Å². The Hall–Kier alpha value is -2.15. The van der Waals surface area contributed by atoms with Gasteiger partial charge >= 0.3 is 0 Å². The number of phenols is 1. The van der Waals surface area contributed by atoms with E-state index < -0.39 is 0 Å². The third-order valence-corrected chi connectivity index (χ3v) is 6.62. The Morgan fingerprint density at radius 3 is 2.67 bits per heavy atom. The fraction of sp³-hybridized carbons (Fsp3) is 0.500. The number of methoxy groups -OCH3 is 1. The van der Waals surface area contributed by atoms with Gasteiger partial charge in [-0.1, -0.05) is 43.5 Å². The Morgan fingerprint density at radius 2 is 2.00 bits per heavy atom. The van der Waals surface area contributed by atoms with Crippen molar-refractivity contribution < 1.29 is 9.84 Å². The molecule has 2 N–H and O–H groups in total. The largest absolute Gasteiger partial charge is 0.504 e. The number of thioether (sulfide) groups is 1. The molecule has 6 nitrogen and oxygen atoms in total. The maximum Gasteiger partial charge on any atom is 0.271 e. The summed E-state index contributed by atoms with van der Waals surface area (Å²) >= 11 is 1.55. The Bertz CT molecular complexity index is 923. The molecule has 0 saturated heterocycles. The second-order valence-electron chi connectivity index (χ2n) is 7.25. The van der Waals surface area contributed by atoms with E-state index in [1.807, 2.05) is 17.7 Å². The zero-order valence-electron chi connectivity index (χ0n) is 15.7. The van der Waals surface area contributed by atoms with E-state index in [9.17, 15) is 9.90 Å². The summed E-state index contributed by atoms with van der Waals surface area (Å²) in [7, 11) is 1.52. The number of aliphatic imine (C=N–C) groups is 1. The Kier molecular flexibility index (Phi) is 5.04. The van der Waals surface area contributed by atoms with Crippen molar-refractivity contribution in [1.29, 1.82) is 0 Å². The minimum Gasteiger partial charge on any atom is -0.504 e. The molecule has 27 heavy (non-hydrogen) atoms. The molecule has 4 rings (SSSR count). The van der Waals surface area contributed by atoms with Crippen LogP contribution in [0.3, 0.4) is 0 Å². The highest BCUT2D eigenvalue weighted by Gasteiger charge is 2.32. The Labute approximate surface area is 162 Å². The number of rotatable bonds is 3. The Morgan fingerprint density at radius 1 is 1.26 bits per heavy atom. The van der Waals surface area contributed by atoms with Crippen LogP contribution in [0.15, 0.2) is 28.0 Å². The summed E-state index contributed by atoms with van der Waals surface area (Å²) in [5, 5.41) is 14.0. The normalized spacial score (nSPS) is 20.7. The number of nitrogens with one attached hydrogen (secondary N) is 1. The average molecular weight is 388 g/mol. The van der Waals surface area contributed by atoms with Crippen LogP contribution in [0.2, 0.25) is 0 Å². The van der Waals surface area contributed by atoms with Crippen molar-refractivity contribution in [2.24, 2.45) is 4.99 Å². The van der Waals surface area contributed by atoms with Crippen LogP contribution in [0, 0.1) is 0 Å². The predicted octanol–water partition coefficient (Wildman–Crippen LogP) is 4.67. The maximum atomic E-state index is 12.9. The summed E-state index contributed by atoms with van der Waals surface area (Å²) in [6.07, 6.45) is 7.05. The molecule has 1 aliphatic carbocycles. The van der Waals surface area contributed by atoms with Gasteiger partial charge in [-0.05, 0) is 37.5 Å². The van der Waals surface area contributed by atoms with Gasteiger partial charge in [0, 0.05) is 0 Å². The molecule has 0 bridgehead atoms. The fourth-order valence-corrected chi connectivity index (χ4v) is 5.19. The van der Waals surface area contributed by atoms with Crippen LogP contribution in [0.5, 0.6) is 11.5 Å². The van der Waals surface area contributed by atoms with Gasteiger partial charge in [-0.3, -0.25) is 14.6 Å². The van der Waals surface area contributed by atoms with Crippen molar-refractivity contribution in [3.63, 3.8) is 0 Å². The minimum absolute atomic E-state index is 0.0805. The predicted molar refractivity (Wildman–Crippen MR) is 109 cm³/mol. The molecule has 2 aliphatic rings. The first kappa shape index (κ1) is 18.2. The zero-order chi connectivity index (χ0) is 19.0. The lowest BCUT2D eigenvalue weighted by Gasteiger charge is -2.23. The molecule has 0 unspecified atom stereocenters. The lowest BCUT2D eigenvalue weighted by atomic mass is 10.0. The number of nitrogens with zero attached hydrogens (tertiary/aromatic N) is 2. The summed E-state index contributed by atoms with van der Waals surface area (Å²) in [5.74, 6) is 1.26. The molecule has 0 amide bonds. The lowest BCUT2D eigenvalue weighted by Crippen LogP contribution is -2.14. The average Bonchev–Trinajstić information content (AvgIpc) is 2.84. The summed E-state index contributed by atoms with van der Waals surface area (Å²) in [6, 6.07) is 5.62. The molecule has 1 fully saturated rings. The topological polar surface area (TPSA) is 79.6 Å². The molecular formula is C20H25N3O3S. The quantitative estimate of drug-likeness (QED) is 0.750. The van der Waals surface area contributed by atoms with Crippen LogP contribution in [0.25, 0.3) is 0 Å². The molecule has 1 aromatic carbocycles. The smallest absolute Gasteiger partial charge is 0.271 e. The number of aromatic hydroxyl groups is 1. The van der Waals surface area contributed by atoms with E-state index in [0.717, 1.165) is 29.3 Å². The SMILES string of the molecule is COc1ccc([C@H]2SC(C)=Nc3c2c(=O)[nH]n3C2CCCCCC2)cc1O. The standard InChI is InChI=1S/C20H25N3O3S/c1-12-21-19-17(18(27-12)13-9-10-16(26-2)15(24)11-13)20(25)22-23(19)14-7-5-3-4-6-8-14/h9-11,14,18,24H,3-8H2,1-2H3,(H,22,25)/t18-/m1/s1. The maximum absolute atomic E-state index is 12.9. The van der Waals surface area contributed by atoms with E-state index in [0.29, 0.717) is 17.4 Å². The zero-order valence-corrected chi connectivity index (χ0v) is 16.5. The molecule has 1 aromatic heterocycles. The number of H-pyrrole nitrogens is 1. The van der Waals surface area contributed by atoms with Gasteiger partial charge in [-0.15, -0.1) is 0 Å². The van der Waals surface area contributed by atoms with Crippen molar-refractivity contribution in [2.45, 2.75) is 56.7 Å². The summed E-state index contributed by atoms with van der Waals surface area (Å²) in [4.78, 5) is 17.6. The van der Waals surface area contributed by atoms with E-state index >= 15 is 0 Å². The van der Waals surface area contributed by atoms with Crippen LogP contribution >= 0.6 is 11.8 Å². The van der Waals surface area contributed by atoms with Gasteiger partial charge in [0.15, 0.2) is 17.3 Å². The van der Waals surface area contributed by atoms with E-state index in [2.05, 4.69) is 5.10 Å². The van der Waals surface area contributed by atoms with E-state index in [-0.39, 0.29) is 16.6 Å². The number of fused-ring (bicyclic) bond motifs is 1. The number of phenolic OH excluding ortho intramolecular Hbond substituents is 1. The van der Waals surface area contributed by atoms with Crippen molar-refractivity contribution in [3.05, 3.63) is 39.7 Å². The van der Waals surface area contributed by atoms with Gasteiger partial charge in [0.1, 0.15) is 0 Å². The van der Waals surface area contributed by atoms with Gasteiger partial charge in [0.05, 0.1) is 29.0 Å². The van der Waals surface area contributed by atoms with Gasteiger partial charge in [0.2, 0.25) is 0 Å². The molecule has 1 atom stereocenters. The number of aromatic nitrogens is 2. The molecule has 1 saturated carbocycles. The van der Waals surface area contributed by atoms with Gasteiger partial charge < -0.3 is 9.84 Å². The highest BCUT2D eigenvalue weighted by molar-refractivity contribution is 8.14. The molecule has 144 valence electrons. The third kappa shape index (κ3) is 3.40. The van der Waals surface area contributed by atoms with Crippen molar-refractivity contribution in [1.82, 2.24) is 9.78 Å². The van der Waals surface area contributed by atoms with E-state index in [1.54, 1.807) is 23.9 Å². The van der Waals surface area contributed by atoms with Crippen LogP contribution in [0.1, 0.15) is 67.9 Å². The molecule has 1 aliphatic heterocycles. The summed E-state index contributed by atoms with van der Waals surface area (Å²) in [5.41, 5.74) is 1.47. The van der Waals surface area contributed by atoms with Gasteiger partial charge in [0.25, 0.3) is 5.56 Å². The highest BCUT2D eigenvalue weighted by atomic mass is 32.2. The van der Waals surface area contributed by atoms with Crippen molar-refractivity contribution in [2.75, 3.05) is 7.11 Å². The number of ether oxygens (including phenoxy) is 1. The molecule has 0 radical (unpaired) electrons. The number of aromatic amines is 1. The van der Waals surface area contributed by atoms with E-state index in [1.165, 1.54) is 32.8 Å². The monoisotopic (exact) mass is 387 g/mol. The number of hydrogen-bond acceptors (Lipinski definition) is 5. The number of hydrogen-bond donors (Lipinski definition) is 2. The first-order valence-electron chi connectivity index (χ1n) is 9.51. The van der Waals surface area contributed by atoms with Crippen LogP contribution in [0.4, 0.5) is 5.82 Å². The van der Waals surface area contributed by atoms with E-state index in [4.69, 9.17) is 9.73 Å².